The number of benzene rings is 1. The van der Waals surface area contributed by atoms with Gasteiger partial charge in [-0.15, -0.1) is 0 Å². The number of hydrogen-bond donors (Lipinski definition) is 0. The maximum atomic E-state index is 12.2. The third-order valence-electron chi connectivity index (χ3n) is 3.64. The van der Waals surface area contributed by atoms with Gasteiger partial charge in [0.1, 0.15) is 5.92 Å². The highest BCUT2D eigenvalue weighted by Gasteiger charge is 2.38. The molecule has 0 spiro atoms. The van der Waals surface area contributed by atoms with E-state index in [9.17, 15) is 4.79 Å². The Labute approximate surface area is 127 Å². The Kier molecular flexibility index (Phi) is 3.51. The monoisotopic (exact) mass is 303 g/mol. The Morgan fingerprint density at radius 1 is 1.29 bits per heavy atom. The van der Waals surface area contributed by atoms with Crippen LogP contribution in [-0.4, -0.2) is 28.6 Å². The summed E-state index contributed by atoms with van der Waals surface area (Å²) in [5, 5.41) is 4.96. The molecule has 1 aromatic heterocycles. The van der Waals surface area contributed by atoms with Crippen molar-refractivity contribution in [3.63, 3.8) is 0 Å². The topological polar surface area (TPSA) is 56.5 Å². The van der Waals surface area contributed by atoms with Crippen LogP contribution in [0.1, 0.15) is 18.5 Å². The van der Waals surface area contributed by atoms with E-state index in [0.717, 1.165) is 17.1 Å². The molecule has 1 aromatic carbocycles. The number of rotatable bonds is 2. The van der Waals surface area contributed by atoms with Crippen LogP contribution in [0, 0.1) is 5.92 Å². The first-order valence-corrected chi connectivity index (χ1v) is 6.91. The van der Waals surface area contributed by atoms with Gasteiger partial charge in [-0.3, -0.25) is 4.79 Å². The molecule has 1 aliphatic rings. The molecule has 0 fully saturated rings. The van der Waals surface area contributed by atoms with Gasteiger partial charge in [-0.2, -0.15) is 5.10 Å². The van der Waals surface area contributed by atoms with Crippen molar-refractivity contribution in [1.29, 1.82) is 0 Å². The molecule has 2 heterocycles. The highest BCUT2D eigenvalue weighted by Crippen LogP contribution is 2.36. The van der Waals surface area contributed by atoms with Crippen LogP contribution in [0.3, 0.4) is 0 Å². The third kappa shape index (κ3) is 2.34. The molecular weight excluding hydrogens is 290 g/mol. The van der Waals surface area contributed by atoms with Gasteiger partial charge in [-0.25, -0.2) is 9.67 Å². The number of esters is 1. The summed E-state index contributed by atoms with van der Waals surface area (Å²) >= 11 is 5.95. The summed E-state index contributed by atoms with van der Waals surface area (Å²) in [4.78, 5) is 16.6. The second kappa shape index (κ2) is 5.33. The predicted octanol–water partition coefficient (Wildman–Crippen LogP) is 3.02. The van der Waals surface area contributed by atoms with Crippen molar-refractivity contribution in [2.24, 2.45) is 10.9 Å². The Hall–Kier alpha value is -2.14. The molecule has 0 radical (unpaired) electrons. The minimum Gasteiger partial charge on any atom is -0.468 e. The summed E-state index contributed by atoms with van der Waals surface area (Å²) in [5.74, 6) is -0.0893. The second-order valence-corrected chi connectivity index (χ2v) is 5.32. The number of aliphatic imine (C=N–C) groups is 1. The van der Waals surface area contributed by atoms with Gasteiger partial charge >= 0.3 is 5.97 Å². The van der Waals surface area contributed by atoms with Crippen molar-refractivity contribution in [2.45, 2.75) is 13.0 Å². The number of hydrogen-bond acceptors (Lipinski definition) is 4. The standard InChI is InChI=1S/C15H14ClN3O2/c1-9-13(15(20)21-2)14(10-3-5-11(16)6-4-10)19-12(18-9)7-8-17-19/h3-8,13-14H,1-2H3. The molecule has 3 rings (SSSR count). The van der Waals surface area contributed by atoms with Crippen molar-refractivity contribution < 1.29 is 9.53 Å². The largest absolute Gasteiger partial charge is 0.468 e. The molecule has 5 nitrogen and oxygen atoms in total. The van der Waals surface area contributed by atoms with E-state index in [1.807, 2.05) is 25.1 Å². The van der Waals surface area contributed by atoms with Gasteiger partial charge in [0.2, 0.25) is 0 Å². The summed E-state index contributed by atoms with van der Waals surface area (Å²) in [7, 11) is 1.38. The van der Waals surface area contributed by atoms with E-state index < -0.39 is 5.92 Å². The van der Waals surface area contributed by atoms with E-state index in [1.165, 1.54) is 7.11 Å². The Bertz CT molecular complexity index is 706. The maximum absolute atomic E-state index is 12.2. The summed E-state index contributed by atoms with van der Waals surface area (Å²) in [6, 6.07) is 8.93. The molecule has 2 atom stereocenters. The molecular formula is C15H14ClN3O2. The number of methoxy groups -OCH3 is 1. The SMILES string of the molecule is COC(=O)C1C(C)=Nc2ccnn2C1c1ccc(Cl)cc1. The number of halogens is 1. The molecule has 0 aliphatic carbocycles. The molecule has 108 valence electrons. The Balaban J connectivity index is 2.15. The Morgan fingerprint density at radius 2 is 2.00 bits per heavy atom. The number of ether oxygens (including phenoxy) is 1. The summed E-state index contributed by atoms with van der Waals surface area (Å²) in [5.41, 5.74) is 1.66. The number of carbonyl (C=O) groups is 1. The normalized spacial score (nSPS) is 20.6. The zero-order valence-electron chi connectivity index (χ0n) is 11.7. The van der Waals surface area contributed by atoms with Crippen LogP contribution < -0.4 is 0 Å². The quantitative estimate of drug-likeness (QED) is 0.801. The first kappa shape index (κ1) is 13.8. The average molecular weight is 304 g/mol. The summed E-state index contributed by atoms with van der Waals surface area (Å²) in [6.07, 6.45) is 1.68. The smallest absolute Gasteiger partial charge is 0.316 e. The molecule has 21 heavy (non-hydrogen) atoms. The molecule has 0 saturated carbocycles. The lowest BCUT2D eigenvalue weighted by atomic mass is 9.88. The third-order valence-corrected chi connectivity index (χ3v) is 3.89. The lowest BCUT2D eigenvalue weighted by Gasteiger charge is -2.30. The van der Waals surface area contributed by atoms with Crippen molar-refractivity contribution in [3.8, 4) is 0 Å². The second-order valence-electron chi connectivity index (χ2n) is 4.88. The zero-order valence-corrected chi connectivity index (χ0v) is 12.4. The lowest BCUT2D eigenvalue weighted by Crippen LogP contribution is -2.36. The van der Waals surface area contributed by atoms with Gasteiger partial charge in [0, 0.05) is 16.8 Å². The van der Waals surface area contributed by atoms with Crippen LogP contribution in [0.4, 0.5) is 5.82 Å². The van der Waals surface area contributed by atoms with Gasteiger partial charge < -0.3 is 4.74 Å². The maximum Gasteiger partial charge on any atom is 0.316 e. The van der Waals surface area contributed by atoms with Crippen LogP contribution in [0.5, 0.6) is 0 Å². The van der Waals surface area contributed by atoms with E-state index in [-0.39, 0.29) is 12.0 Å². The van der Waals surface area contributed by atoms with Gasteiger partial charge in [0.25, 0.3) is 0 Å². The molecule has 2 aromatic rings. The molecule has 0 bridgehead atoms. The van der Waals surface area contributed by atoms with Gasteiger partial charge in [-0.1, -0.05) is 23.7 Å². The lowest BCUT2D eigenvalue weighted by molar-refractivity contribution is -0.144. The van der Waals surface area contributed by atoms with Crippen molar-refractivity contribution in [3.05, 3.63) is 47.1 Å². The highest BCUT2D eigenvalue weighted by molar-refractivity contribution is 6.30. The average Bonchev–Trinajstić information content (AvgIpc) is 2.94. The molecule has 1 aliphatic heterocycles. The molecule has 0 saturated heterocycles. The number of carbonyl (C=O) groups excluding carboxylic acids is 1. The van der Waals surface area contributed by atoms with Gasteiger partial charge in [0.15, 0.2) is 5.82 Å². The van der Waals surface area contributed by atoms with Crippen molar-refractivity contribution in [2.75, 3.05) is 7.11 Å². The highest BCUT2D eigenvalue weighted by atomic mass is 35.5. The van der Waals surface area contributed by atoms with E-state index in [4.69, 9.17) is 16.3 Å². The van der Waals surface area contributed by atoms with Crippen LogP contribution >= 0.6 is 11.6 Å². The predicted molar refractivity (Wildman–Crippen MR) is 80.1 cm³/mol. The number of nitrogens with zero attached hydrogens (tertiary/aromatic N) is 3. The van der Waals surface area contributed by atoms with Crippen LogP contribution in [0.15, 0.2) is 41.5 Å². The zero-order chi connectivity index (χ0) is 15.0. The fourth-order valence-electron chi connectivity index (χ4n) is 2.65. The van der Waals surface area contributed by atoms with E-state index in [1.54, 1.807) is 23.0 Å². The fourth-order valence-corrected chi connectivity index (χ4v) is 2.78. The molecule has 6 heteroatoms. The van der Waals surface area contributed by atoms with Crippen LogP contribution in [0.2, 0.25) is 5.02 Å². The molecule has 0 amide bonds. The summed E-state index contributed by atoms with van der Waals surface area (Å²) < 4.78 is 6.69. The van der Waals surface area contributed by atoms with E-state index >= 15 is 0 Å². The van der Waals surface area contributed by atoms with Gasteiger partial charge in [-0.05, 0) is 24.6 Å². The molecule has 0 N–H and O–H groups in total. The van der Waals surface area contributed by atoms with E-state index in [2.05, 4.69) is 10.1 Å². The number of fused-ring (bicyclic) bond motifs is 1. The minimum absolute atomic E-state index is 0.280. The first-order chi connectivity index (χ1) is 10.1. The van der Waals surface area contributed by atoms with Crippen LogP contribution in [0.25, 0.3) is 0 Å². The summed E-state index contributed by atoms with van der Waals surface area (Å²) in [6.45, 7) is 1.83. The Morgan fingerprint density at radius 3 is 2.67 bits per heavy atom. The first-order valence-electron chi connectivity index (χ1n) is 6.54. The van der Waals surface area contributed by atoms with Crippen molar-refractivity contribution >= 4 is 29.1 Å². The van der Waals surface area contributed by atoms with Crippen LogP contribution in [-0.2, 0) is 9.53 Å². The number of aromatic nitrogens is 2. The van der Waals surface area contributed by atoms with Gasteiger partial charge in [0.05, 0.1) is 19.3 Å². The minimum atomic E-state index is -0.497. The van der Waals surface area contributed by atoms with Crippen molar-refractivity contribution in [1.82, 2.24) is 9.78 Å². The fraction of sp³-hybridized carbons (Fsp3) is 0.267. The van der Waals surface area contributed by atoms with E-state index in [0.29, 0.717) is 5.02 Å². The molecule has 2 unspecified atom stereocenters.